The van der Waals surface area contributed by atoms with Crippen molar-refractivity contribution < 1.29 is 19.4 Å². The predicted octanol–water partition coefficient (Wildman–Crippen LogP) is 3.23. The first kappa shape index (κ1) is 27.3. The summed E-state index contributed by atoms with van der Waals surface area (Å²) in [4.78, 5) is 35.2. The number of aromatic nitrogens is 2. The summed E-state index contributed by atoms with van der Waals surface area (Å²) in [7, 11) is 0. The molecule has 3 heterocycles. The van der Waals surface area contributed by atoms with E-state index < -0.39 is 0 Å². The lowest BCUT2D eigenvalue weighted by Crippen LogP contribution is -2.45. The van der Waals surface area contributed by atoms with Gasteiger partial charge in [0, 0.05) is 49.5 Å². The Bertz CT molecular complexity index is 1010. The van der Waals surface area contributed by atoms with E-state index in [9.17, 15) is 4.79 Å². The van der Waals surface area contributed by atoms with Crippen molar-refractivity contribution in [3.05, 3.63) is 35.5 Å². The van der Waals surface area contributed by atoms with Crippen LogP contribution in [0.1, 0.15) is 39.0 Å². The third-order valence-corrected chi connectivity index (χ3v) is 6.12. The number of carboxylic acid groups (broad SMARTS) is 1. The van der Waals surface area contributed by atoms with Gasteiger partial charge in [0.05, 0.1) is 24.9 Å². The molecule has 3 N–H and O–H groups in total. The zero-order chi connectivity index (χ0) is 26.1. The molecule has 1 aromatic heterocycles. The number of benzene rings is 1. The van der Waals surface area contributed by atoms with E-state index in [2.05, 4.69) is 41.2 Å². The highest BCUT2D eigenvalue weighted by Gasteiger charge is 2.29. The number of carbonyl (C=O) groups excluding carboxylic acids is 1. The second kappa shape index (κ2) is 13.2. The first-order valence-corrected chi connectivity index (χ1v) is 12.6. The molecule has 196 valence electrons. The first-order valence-electron chi connectivity index (χ1n) is 12.6. The SMILES string of the molecule is CCNC(=O)Nc1ccc(-c2nc3c(c(N4CCOCC4C)n2)CCN(CC(C)C)C3)cc1.O=CO. The number of urea groups is 1. The van der Waals surface area contributed by atoms with Gasteiger partial charge in [0.2, 0.25) is 0 Å². The molecule has 2 aromatic rings. The molecule has 1 fully saturated rings. The molecule has 0 aliphatic carbocycles. The lowest BCUT2D eigenvalue weighted by molar-refractivity contribution is -0.122. The maximum atomic E-state index is 11.8. The Morgan fingerprint density at radius 3 is 2.61 bits per heavy atom. The summed E-state index contributed by atoms with van der Waals surface area (Å²) in [5.74, 6) is 2.41. The number of hydrogen-bond acceptors (Lipinski definition) is 7. The molecule has 2 amide bonds. The van der Waals surface area contributed by atoms with E-state index in [1.807, 2.05) is 31.2 Å². The van der Waals surface area contributed by atoms with Gasteiger partial charge >= 0.3 is 6.03 Å². The number of amides is 2. The van der Waals surface area contributed by atoms with Crippen molar-refractivity contribution in [1.29, 1.82) is 0 Å². The number of nitrogens with zero attached hydrogens (tertiary/aromatic N) is 4. The van der Waals surface area contributed by atoms with E-state index in [0.717, 1.165) is 67.8 Å². The summed E-state index contributed by atoms with van der Waals surface area (Å²) in [5, 5.41) is 12.5. The van der Waals surface area contributed by atoms with Gasteiger partial charge in [-0.1, -0.05) is 13.8 Å². The number of nitrogens with one attached hydrogen (secondary N) is 2. The maximum absolute atomic E-state index is 11.8. The molecule has 36 heavy (non-hydrogen) atoms. The Morgan fingerprint density at radius 1 is 1.25 bits per heavy atom. The van der Waals surface area contributed by atoms with E-state index in [4.69, 9.17) is 24.6 Å². The molecule has 0 spiro atoms. The molecule has 1 unspecified atom stereocenters. The van der Waals surface area contributed by atoms with Crippen molar-refractivity contribution in [3.8, 4) is 11.4 Å². The van der Waals surface area contributed by atoms with Crippen molar-refractivity contribution in [2.24, 2.45) is 5.92 Å². The second-order valence-corrected chi connectivity index (χ2v) is 9.46. The summed E-state index contributed by atoms with van der Waals surface area (Å²) in [6.45, 7) is 14.2. The van der Waals surface area contributed by atoms with Crippen molar-refractivity contribution in [1.82, 2.24) is 20.2 Å². The molecule has 0 bridgehead atoms. The highest BCUT2D eigenvalue weighted by atomic mass is 16.5. The summed E-state index contributed by atoms with van der Waals surface area (Å²) >= 11 is 0. The van der Waals surface area contributed by atoms with Crippen molar-refractivity contribution in [2.45, 2.75) is 46.7 Å². The van der Waals surface area contributed by atoms with Gasteiger partial charge in [-0.25, -0.2) is 14.8 Å². The lowest BCUT2D eigenvalue weighted by atomic mass is 10.0. The van der Waals surface area contributed by atoms with E-state index in [1.54, 1.807) is 0 Å². The van der Waals surface area contributed by atoms with Gasteiger partial charge in [-0.2, -0.15) is 0 Å². The number of morpholine rings is 1. The number of anilines is 2. The van der Waals surface area contributed by atoms with E-state index >= 15 is 0 Å². The standard InChI is InChI=1S/C25H36N6O2.CH2O2/c1-5-26-25(32)27-20-8-6-19(7-9-20)23-28-22-15-30(14-17(2)3)11-10-21(22)24(29-23)31-12-13-33-16-18(31)4;2-1-3/h6-9,17-18H,5,10-16H2,1-4H3,(H2,26,27,32);1H,(H,2,3). The topological polar surface area (TPSA) is 120 Å². The average molecular weight is 499 g/mol. The Kier molecular flexibility index (Phi) is 10.0. The van der Waals surface area contributed by atoms with Crippen LogP contribution >= 0.6 is 0 Å². The fraction of sp³-hybridized carbons (Fsp3) is 0.538. The van der Waals surface area contributed by atoms with Crippen LogP contribution in [0.25, 0.3) is 11.4 Å². The first-order chi connectivity index (χ1) is 17.4. The van der Waals surface area contributed by atoms with Gasteiger partial charge < -0.3 is 25.4 Å². The largest absolute Gasteiger partial charge is 0.483 e. The second-order valence-electron chi connectivity index (χ2n) is 9.46. The van der Waals surface area contributed by atoms with Gasteiger partial charge in [0.1, 0.15) is 5.82 Å². The van der Waals surface area contributed by atoms with Crippen molar-refractivity contribution in [2.75, 3.05) is 49.6 Å². The van der Waals surface area contributed by atoms with E-state index in [-0.39, 0.29) is 18.5 Å². The third-order valence-electron chi connectivity index (χ3n) is 6.12. The molecule has 0 radical (unpaired) electrons. The Hall–Kier alpha value is -3.24. The molecule has 0 saturated carbocycles. The minimum Gasteiger partial charge on any atom is -0.483 e. The average Bonchev–Trinajstić information content (AvgIpc) is 2.84. The quantitative estimate of drug-likeness (QED) is 0.520. The van der Waals surface area contributed by atoms with Crippen LogP contribution in [0.3, 0.4) is 0 Å². The molecule has 10 nitrogen and oxygen atoms in total. The summed E-state index contributed by atoms with van der Waals surface area (Å²) < 4.78 is 5.68. The molecule has 1 aromatic carbocycles. The lowest BCUT2D eigenvalue weighted by Gasteiger charge is -2.38. The molecule has 10 heteroatoms. The van der Waals surface area contributed by atoms with Gasteiger partial charge in [-0.3, -0.25) is 9.69 Å². The number of hydrogen-bond donors (Lipinski definition) is 3. The van der Waals surface area contributed by atoms with Crippen LogP contribution in [0.2, 0.25) is 0 Å². The zero-order valence-corrected chi connectivity index (χ0v) is 21.7. The maximum Gasteiger partial charge on any atom is 0.319 e. The van der Waals surface area contributed by atoms with Gasteiger partial charge in [-0.15, -0.1) is 0 Å². The zero-order valence-electron chi connectivity index (χ0n) is 21.7. The summed E-state index contributed by atoms with van der Waals surface area (Å²) in [5.41, 5.74) is 4.10. The van der Waals surface area contributed by atoms with Crippen LogP contribution in [0.4, 0.5) is 16.3 Å². The van der Waals surface area contributed by atoms with Crippen LogP contribution in [0, 0.1) is 5.92 Å². The van der Waals surface area contributed by atoms with Crippen LogP contribution in [0.15, 0.2) is 24.3 Å². The van der Waals surface area contributed by atoms with Crippen LogP contribution < -0.4 is 15.5 Å². The van der Waals surface area contributed by atoms with Gasteiger partial charge in [0.25, 0.3) is 6.47 Å². The molecule has 2 aliphatic rings. The minimum absolute atomic E-state index is 0.205. The minimum atomic E-state index is -0.250. The smallest absolute Gasteiger partial charge is 0.319 e. The van der Waals surface area contributed by atoms with E-state index in [0.29, 0.717) is 19.1 Å². The molecular weight excluding hydrogens is 460 g/mol. The van der Waals surface area contributed by atoms with Crippen LogP contribution in [0.5, 0.6) is 0 Å². The summed E-state index contributed by atoms with van der Waals surface area (Å²) in [6.07, 6.45) is 0.969. The fourth-order valence-corrected chi connectivity index (χ4v) is 4.58. The molecule has 4 rings (SSSR count). The molecule has 2 aliphatic heterocycles. The number of ether oxygens (including phenoxy) is 1. The number of rotatable bonds is 6. The third kappa shape index (κ3) is 7.14. The summed E-state index contributed by atoms with van der Waals surface area (Å²) in [6, 6.07) is 7.83. The van der Waals surface area contributed by atoms with E-state index in [1.165, 1.54) is 5.56 Å². The highest BCUT2D eigenvalue weighted by molar-refractivity contribution is 5.89. The number of carbonyl (C=O) groups is 2. The highest BCUT2D eigenvalue weighted by Crippen LogP contribution is 2.32. The normalized spacial score (nSPS) is 17.6. The Morgan fingerprint density at radius 2 is 1.97 bits per heavy atom. The van der Waals surface area contributed by atoms with Crippen molar-refractivity contribution in [3.63, 3.8) is 0 Å². The predicted molar refractivity (Wildman–Crippen MR) is 140 cm³/mol. The van der Waals surface area contributed by atoms with Gasteiger partial charge in [0.15, 0.2) is 5.82 Å². The molecule has 1 atom stereocenters. The van der Waals surface area contributed by atoms with Crippen molar-refractivity contribution >= 4 is 24.0 Å². The van der Waals surface area contributed by atoms with Crippen LogP contribution in [-0.2, 0) is 22.5 Å². The van der Waals surface area contributed by atoms with Crippen LogP contribution in [-0.4, -0.2) is 77.9 Å². The fourth-order valence-electron chi connectivity index (χ4n) is 4.58. The molecular formula is C26H38N6O4. The molecule has 1 saturated heterocycles. The Labute approximate surface area is 213 Å². The monoisotopic (exact) mass is 498 g/mol. The van der Waals surface area contributed by atoms with Gasteiger partial charge in [-0.05, 0) is 50.5 Å². The number of fused-ring (bicyclic) bond motifs is 1. The Balaban J connectivity index is 0.00000115.